The molecule has 2 rings (SSSR count). The highest BCUT2D eigenvalue weighted by Gasteiger charge is 2.11. The quantitative estimate of drug-likeness (QED) is 0.785. The summed E-state index contributed by atoms with van der Waals surface area (Å²) < 4.78 is 23.7. The number of nitrogens with zero attached hydrogens (tertiary/aromatic N) is 1. The van der Waals surface area contributed by atoms with E-state index in [1.165, 1.54) is 17.0 Å². The molecule has 0 aromatic heterocycles. The minimum atomic E-state index is -0.411. The largest absolute Gasteiger partial charge is 0.494 e. The van der Waals surface area contributed by atoms with Gasteiger partial charge >= 0.3 is 6.09 Å². The third-order valence-electron chi connectivity index (χ3n) is 3.69. The van der Waals surface area contributed by atoms with Crippen molar-refractivity contribution in [3.8, 4) is 11.5 Å². The lowest BCUT2D eigenvalue weighted by molar-refractivity contribution is 0.172. The Balaban J connectivity index is 0.00000338. The van der Waals surface area contributed by atoms with E-state index in [-0.39, 0.29) is 24.3 Å². The molecule has 0 saturated carbocycles. The molecule has 0 spiro atoms. The lowest BCUT2D eigenvalue weighted by Crippen LogP contribution is -2.25. The first kappa shape index (κ1) is 21.7. The molecule has 2 aromatic rings. The van der Waals surface area contributed by atoms with Gasteiger partial charge in [0.15, 0.2) is 0 Å². The molecule has 1 N–H and O–H groups in total. The van der Waals surface area contributed by atoms with Gasteiger partial charge in [-0.25, -0.2) is 9.18 Å². The summed E-state index contributed by atoms with van der Waals surface area (Å²) in [5.41, 5.74) is 1.06. The molecule has 0 saturated heterocycles. The average Bonchev–Trinajstić information content (AvgIpc) is 2.61. The lowest BCUT2D eigenvalue weighted by atomic mass is 10.0. The number of carbonyl (C=O) groups is 1. The Morgan fingerprint density at radius 3 is 2.19 bits per heavy atom. The van der Waals surface area contributed by atoms with Crippen LogP contribution in [0.4, 0.5) is 9.18 Å². The maximum atomic E-state index is 12.9. The molecule has 0 radical (unpaired) electrons. The van der Waals surface area contributed by atoms with Crippen LogP contribution in [0, 0.1) is 5.82 Å². The summed E-state index contributed by atoms with van der Waals surface area (Å²) in [5, 5.41) is 3.24. The monoisotopic (exact) mass is 382 g/mol. The molecule has 0 aliphatic rings. The van der Waals surface area contributed by atoms with Crippen LogP contribution in [0.2, 0.25) is 0 Å². The van der Waals surface area contributed by atoms with Gasteiger partial charge in [0.1, 0.15) is 17.3 Å². The maximum absolute atomic E-state index is 12.9. The second-order valence-corrected chi connectivity index (χ2v) is 5.76. The number of rotatable bonds is 7. The zero-order chi connectivity index (χ0) is 18.2. The van der Waals surface area contributed by atoms with E-state index in [0.717, 1.165) is 12.0 Å². The second-order valence-electron chi connectivity index (χ2n) is 5.76. The Morgan fingerprint density at radius 1 is 1.08 bits per heavy atom. The minimum Gasteiger partial charge on any atom is -0.494 e. The number of carbonyl (C=O) groups excluding carboxylic acids is 1. The molecule has 0 fully saturated rings. The zero-order valence-corrected chi connectivity index (χ0v) is 15.9. The van der Waals surface area contributed by atoms with Gasteiger partial charge in [0, 0.05) is 26.6 Å². The Morgan fingerprint density at radius 2 is 1.65 bits per heavy atom. The van der Waals surface area contributed by atoms with Gasteiger partial charge in [-0.2, -0.15) is 0 Å². The minimum absolute atomic E-state index is 0. The van der Waals surface area contributed by atoms with Crippen molar-refractivity contribution in [3.63, 3.8) is 0 Å². The van der Waals surface area contributed by atoms with Crippen molar-refractivity contribution >= 4 is 18.5 Å². The van der Waals surface area contributed by atoms with Crippen LogP contribution in [0.15, 0.2) is 48.5 Å². The van der Waals surface area contributed by atoms with E-state index in [2.05, 4.69) is 5.32 Å². The number of ether oxygens (including phenoxy) is 2. The Bertz CT molecular complexity index is 678. The normalized spacial score (nSPS) is 11.2. The van der Waals surface area contributed by atoms with Gasteiger partial charge in [-0.3, -0.25) is 0 Å². The molecule has 1 amide bonds. The molecule has 26 heavy (non-hydrogen) atoms. The van der Waals surface area contributed by atoms with Gasteiger partial charge in [-0.15, -0.1) is 12.4 Å². The number of halogens is 2. The summed E-state index contributed by atoms with van der Waals surface area (Å²) in [4.78, 5) is 12.9. The number of benzene rings is 2. The van der Waals surface area contributed by atoms with Crippen molar-refractivity contribution in [3.05, 3.63) is 59.9 Å². The number of hydrogen-bond acceptors (Lipinski definition) is 4. The Hall–Kier alpha value is -2.31. The average molecular weight is 383 g/mol. The molecule has 5 nitrogen and oxygen atoms in total. The predicted molar refractivity (Wildman–Crippen MR) is 102 cm³/mol. The van der Waals surface area contributed by atoms with Gasteiger partial charge in [0.2, 0.25) is 0 Å². The van der Waals surface area contributed by atoms with Crippen LogP contribution in [0.3, 0.4) is 0 Å². The first-order valence-corrected chi connectivity index (χ1v) is 8.04. The standard InChI is InChI=1S/C19H23FN2O3.ClH/c1-21-18(12-13-24-16-10-6-15(20)7-11-16)14-4-8-17(9-5-14)25-19(23)22(2)3;/h4-11,18,21H,12-13H2,1-3H3;1H. The summed E-state index contributed by atoms with van der Waals surface area (Å²) in [5.74, 6) is 0.859. The van der Waals surface area contributed by atoms with Crippen LogP contribution in [0.1, 0.15) is 18.0 Å². The fourth-order valence-electron chi connectivity index (χ4n) is 2.26. The smallest absolute Gasteiger partial charge is 0.414 e. The summed E-state index contributed by atoms with van der Waals surface area (Å²) >= 11 is 0. The SMILES string of the molecule is CNC(CCOc1ccc(F)cc1)c1ccc(OC(=O)N(C)C)cc1.Cl. The highest BCUT2D eigenvalue weighted by atomic mass is 35.5. The molecule has 0 aliphatic heterocycles. The van der Waals surface area contributed by atoms with Crippen molar-refractivity contribution in [1.29, 1.82) is 0 Å². The molecule has 1 atom stereocenters. The summed E-state index contributed by atoms with van der Waals surface area (Å²) in [7, 11) is 5.15. The summed E-state index contributed by atoms with van der Waals surface area (Å²) in [6.07, 6.45) is 0.329. The van der Waals surface area contributed by atoms with E-state index in [4.69, 9.17) is 9.47 Å². The van der Waals surface area contributed by atoms with Gasteiger partial charge < -0.3 is 19.7 Å². The fraction of sp³-hybridized carbons (Fsp3) is 0.316. The number of amides is 1. The van der Waals surface area contributed by atoms with Crippen LogP contribution in [-0.4, -0.2) is 38.7 Å². The summed E-state index contributed by atoms with van der Waals surface area (Å²) in [6, 6.07) is 13.4. The van der Waals surface area contributed by atoms with E-state index < -0.39 is 6.09 Å². The topological polar surface area (TPSA) is 50.8 Å². The van der Waals surface area contributed by atoms with Crippen LogP contribution in [-0.2, 0) is 0 Å². The third kappa shape index (κ3) is 6.54. The predicted octanol–water partition coefficient (Wildman–Crippen LogP) is 4.04. The van der Waals surface area contributed by atoms with Crippen LogP contribution < -0.4 is 14.8 Å². The van der Waals surface area contributed by atoms with Crippen LogP contribution in [0.5, 0.6) is 11.5 Å². The molecule has 0 bridgehead atoms. The van der Waals surface area contributed by atoms with Gasteiger partial charge in [-0.05, 0) is 49.0 Å². The fourth-order valence-corrected chi connectivity index (χ4v) is 2.26. The molecule has 0 heterocycles. The first-order valence-electron chi connectivity index (χ1n) is 8.04. The lowest BCUT2D eigenvalue weighted by Gasteiger charge is -2.18. The second kappa shape index (κ2) is 10.6. The maximum Gasteiger partial charge on any atom is 0.414 e. The Kier molecular flexibility index (Phi) is 8.88. The van der Waals surface area contributed by atoms with Crippen molar-refractivity contribution in [2.24, 2.45) is 0 Å². The molecule has 7 heteroatoms. The van der Waals surface area contributed by atoms with Crippen molar-refractivity contribution in [2.75, 3.05) is 27.7 Å². The molecule has 0 aliphatic carbocycles. The van der Waals surface area contributed by atoms with E-state index in [9.17, 15) is 9.18 Å². The molecular formula is C19H24ClFN2O3. The van der Waals surface area contributed by atoms with Crippen LogP contribution >= 0.6 is 12.4 Å². The molecular weight excluding hydrogens is 359 g/mol. The van der Waals surface area contributed by atoms with Crippen molar-refractivity contribution in [1.82, 2.24) is 10.2 Å². The van der Waals surface area contributed by atoms with E-state index in [1.807, 2.05) is 19.2 Å². The molecule has 2 aromatic carbocycles. The van der Waals surface area contributed by atoms with Gasteiger partial charge in [0.05, 0.1) is 6.61 Å². The highest BCUT2D eigenvalue weighted by Crippen LogP contribution is 2.21. The molecule has 142 valence electrons. The van der Waals surface area contributed by atoms with E-state index >= 15 is 0 Å². The number of hydrogen-bond donors (Lipinski definition) is 1. The Labute approximate surface area is 159 Å². The highest BCUT2D eigenvalue weighted by molar-refractivity contribution is 5.85. The van der Waals surface area contributed by atoms with Crippen LogP contribution in [0.25, 0.3) is 0 Å². The van der Waals surface area contributed by atoms with Crippen molar-refractivity contribution in [2.45, 2.75) is 12.5 Å². The summed E-state index contributed by atoms with van der Waals surface area (Å²) in [6.45, 7) is 0.495. The van der Waals surface area contributed by atoms with E-state index in [0.29, 0.717) is 18.1 Å². The first-order chi connectivity index (χ1) is 12.0. The van der Waals surface area contributed by atoms with Gasteiger partial charge in [-0.1, -0.05) is 12.1 Å². The number of nitrogens with one attached hydrogen (secondary N) is 1. The van der Waals surface area contributed by atoms with E-state index in [1.54, 1.807) is 38.4 Å². The zero-order valence-electron chi connectivity index (χ0n) is 15.1. The van der Waals surface area contributed by atoms with Crippen molar-refractivity contribution < 1.29 is 18.7 Å². The molecule has 1 unspecified atom stereocenters. The van der Waals surface area contributed by atoms with Gasteiger partial charge in [0.25, 0.3) is 0 Å². The third-order valence-corrected chi connectivity index (χ3v) is 3.69.